The molecular weight excluding hydrogens is 265 g/mol. The number of rotatable bonds is 2. The molecule has 0 aliphatic heterocycles. The second kappa shape index (κ2) is 3.90. The molecule has 0 saturated carbocycles. The van der Waals surface area contributed by atoms with Crippen molar-refractivity contribution in [2.45, 2.75) is 0 Å². The number of hydrogen-bond donors (Lipinski definition) is 1. The van der Waals surface area contributed by atoms with Gasteiger partial charge in [-0.25, -0.2) is 9.37 Å². The van der Waals surface area contributed by atoms with Gasteiger partial charge in [0.2, 0.25) is 0 Å². The van der Waals surface area contributed by atoms with E-state index in [9.17, 15) is 9.18 Å². The minimum Gasteiger partial charge on any atom is -0.298 e. The van der Waals surface area contributed by atoms with Crippen LogP contribution in [0.2, 0.25) is 0 Å². The maximum absolute atomic E-state index is 13.4. The van der Waals surface area contributed by atoms with E-state index in [-0.39, 0.29) is 5.56 Å². The van der Waals surface area contributed by atoms with Crippen molar-refractivity contribution in [3.8, 4) is 11.3 Å². The first-order valence-electron chi connectivity index (χ1n) is 4.02. The van der Waals surface area contributed by atoms with E-state index in [0.29, 0.717) is 22.1 Å². The van der Waals surface area contributed by atoms with Crippen molar-refractivity contribution in [1.29, 1.82) is 0 Å². The zero-order valence-electron chi connectivity index (χ0n) is 7.37. The normalized spacial score (nSPS) is 10.3. The number of pyridine rings is 1. The third kappa shape index (κ3) is 1.80. The maximum Gasteiger partial charge on any atom is 0.153 e. The molecular formula is C9H5BrFN3O. The summed E-state index contributed by atoms with van der Waals surface area (Å²) in [6, 6.07) is 1.48. The molecule has 0 radical (unpaired) electrons. The van der Waals surface area contributed by atoms with Crippen LogP contribution in [-0.4, -0.2) is 21.5 Å². The van der Waals surface area contributed by atoms with Gasteiger partial charge >= 0.3 is 0 Å². The van der Waals surface area contributed by atoms with E-state index in [0.717, 1.165) is 6.20 Å². The summed E-state index contributed by atoms with van der Waals surface area (Å²) in [4.78, 5) is 14.4. The number of aldehydes is 1. The lowest BCUT2D eigenvalue weighted by molar-refractivity contribution is 0.112. The molecule has 2 aromatic heterocycles. The van der Waals surface area contributed by atoms with Crippen molar-refractivity contribution < 1.29 is 9.18 Å². The van der Waals surface area contributed by atoms with E-state index < -0.39 is 5.82 Å². The van der Waals surface area contributed by atoms with Gasteiger partial charge < -0.3 is 0 Å². The number of carbonyl (C=O) groups excluding carboxylic acids is 1. The first-order chi connectivity index (χ1) is 7.22. The second-order valence-electron chi connectivity index (χ2n) is 2.81. The summed E-state index contributed by atoms with van der Waals surface area (Å²) >= 11 is 3.13. The van der Waals surface area contributed by atoms with E-state index in [1.54, 1.807) is 0 Å². The van der Waals surface area contributed by atoms with Gasteiger partial charge in [-0.15, -0.1) is 0 Å². The predicted molar refractivity (Wildman–Crippen MR) is 54.9 cm³/mol. The third-order valence-electron chi connectivity index (χ3n) is 1.89. The smallest absolute Gasteiger partial charge is 0.153 e. The Morgan fingerprint density at radius 1 is 1.47 bits per heavy atom. The summed E-state index contributed by atoms with van der Waals surface area (Å²) in [5, 5.41) is 6.25. The summed E-state index contributed by atoms with van der Waals surface area (Å²) < 4.78 is 13.9. The fourth-order valence-electron chi connectivity index (χ4n) is 1.21. The fraction of sp³-hybridized carbons (Fsp3) is 0. The van der Waals surface area contributed by atoms with Crippen LogP contribution in [0.5, 0.6) is 0 Å². The van der Waals surface area contributed by atoms with Crippen LogP contribution in [0.4, 0.5) is 4.39 Å². The highest BCUT2D eigenvalue weighted by atomic mass is 79.9. The van der Waals surface area contributed by atoms with Gasteiger partial charge in [0.25, 0.3) is 0 Å². The number of halogens is 2. The summed E-state index contributed by atoms with van der Waals surface area (Å²) in [6.07, 6.45) is 3.04. The maximum atomic E-state index is 13.4. The molecule has 4 nitrogen and oxygen atoms in total. The molecule has 0 amide bonds. The Hall–Kier alpha value is -1.56. The van der Waals surface area contributed by atoms with Crippen LogP contribution in [0.15, 0.2) is 23.1 Å². The zero-order chi connectivity index (χ0) is 10.8. The van der Waals surface area contributed by atoms with E-state index in [1.807, 2.05) is 0 Å². The molecule has 0 aromatic carbocycles. The average molecular weight is 270 g/mol. The number of H-pyrrole nitrogens is 1. The lowest BCUT2D eigenvalue weighted by Crippen LogP contribution is -1.90. The van der Waals surface area contributed by atoms with E-state index >= 15 is 0 Å². The molecule has 2 aromatic rings. The first kappa shape index (κ1) is 9.97. The molecule has 0 unspecified atom stereocenters. The summed E-state index contributed by atoms with van der Waals surface area (Å²) in [5.41, 5.74) is 0.925. The Balaban J connectivity index is 2.62. The molecule has 0 aliphatic rings. The van der Waals surface area contributed by atoms with Crippen molar-refractivity contribution in [3.05, 3.63) is 34.4 Å². The van der Waals surface area contributed by atoms with Crippen LogP contribution in [0.1, 0.15) is 10.4 Å². The van der Waals surface area contributed by atoms with E-state index in [4.69, 9.17) is 0 Å². The quantitative estimate of drug-likeness (QED) is 0.672. The van der Waals surface area contributed by atoms with E-state index in [2.05, 4.69) is 31.1 Å². The molecule has 1 N–H and O–H groups in total. The average Bonchev–Trinajstić information content (AvgIpc) is 2.69. The van der Waals surface area contributed by atoms with Crippen molar-refractivity contribution in [3.63, 3.8) is 0 Å². The Morgan fingerprint density at radius 2 is 2.27 bits per heavy atom. The molecule has 0 atom stereocenters. The Bertz CT molecular complexity index is 512. The van der Waals surface area contributed by atoms with Crippen molar-refractivity contribution in [1.82, 2.24) is 15.2 Å². The summed E-state index contributed by atoms with van der Waals surface area (Å²) in [7, 11) is 0. The Morgan fingerprint density at radius 3 is 3.00 bits per heavy atom. The van der Waals surface area contributed by atoms with Gasteiger partial charge in [-0.1, -0.05) is 0 Å². The molecule has 6 heteroatoms. The van der Waals surface area contributed by atoms with Crippen LogP contribution in [0.3, 0.4) is 0 Å². The van der Waals surface area contributed by atoms with Crippen molar-refractivity contribution in [2.75, 3.05) is 0 Å². The van der Waals surface area contributed by atoms with Gasteiger partial charge in [0.15, 0.2) is 12.1 Å². The monoisotopic (exact) mass is 269 g/mol. The Kier molecular flexibility index (Phi) is 2.59. The van der Waals surface area contributed by atoms with Gasteiger partial charge in [0.1, 0.15) is 4.60 Å². The van der Waals surface area contributed by atoms with Crippen LogP contribution in [0, 0.1) is 5.82 Å². The number of nitrogens with one attached hydrogen (secondary N) is 1. The van der Waals surface area contributed by atoms with Gasteiger partial charge in [0.05, 0.1) is 23.7 Å². The van der Waals surface area contributed by atoms with Crippen LogP contribution in [-0.2, 0) is 0 Å². The van der Waals surface area contributed by atoms with Crippen LogP contribution in [0.25, 0.3) is 11.3 Å². The molecule has 15 heavy (non-hydrogen) atoms. The largest absolute Gasteiger partial charge is 0.298 e. The van der Waals surface area contributed by atoms with Crippen molar-refractivity contribution >= 4 is 22.2 Å². The minimum atomic E-state index is -0.509. The lowest BCUT2D eigenvalue weighted by Gasteiger charge is -2.01. The SMILES string of the molecule is O=Cc1cn[nH]c1-c1cc(Br)ncc1F. The molecule has 0 spiro atoms. The molecule has 0 bridgehead atoms. The molecule has 2 heterocycles. The standard InChI is InChI=1S/C9H5BrFN3O/c10-8-1-6(7(11)3-12-8)9-5(4-15)2-13-14-9/h1-4H,(H,13,14). The number of aromatic amines is 1. The fourth-order valence-corrected chi connectivity index (χ4v) is 1.54. The van der Waals surface area contributed by atoms with Crippen LogP contribution < -0.4 is 0 Å². The molecule has 2 rings (SSSR count). The number of aromatic nitrogens is 3. The highest BCUT2D eigenvalue weighted by Gasteiger charge is 2.12. The predicted octanol–water partition coefficient (Wildman–Crippen LogP) is 2.19. The first-order valence-corrected chi connectivity index (χ1v) is 4.81. The molecule has 0 fully saturated rings. The molecule has 0 saturated heterocycles. The summed E-state index contributed by atoms with van der Waals surface area (Å²) in [5.74, 6) is -0.509. The third-order valence-corrected chi connectivity index (χ3v) is 2.32. The number of carbonyl (C=O) groups is 1. The number of nitrogens with zero attached hydrogens (tertiary/aromatic N) is 2. The minimum absolute atomic E-state index is 0.261. The zero-order valence-corrected chi connectivity index (χ0v) is 8.95. The van der Waals surface area contributed by atoms with Gasteiger partial charge in [0, 0.05) is 5.56 Å². The lowest BCUT2D eigenvalue weighted by atomic mass is 10.1. The molecule has 0 aliphatic carbocycles. The second-order valence-corrected chi connectivity index (χ2v) is 3.62. The van der Waals surface area contributed by atoms with E-state index in [1.165, 1.54) is 12.3 Å². The number of hydrogen-bond acceptors (Lipinski definition) is 3. The van der Waals surface area contributed by atoms with Gasteiger partial charge in [-0.05, 0) is 22.0 Å². The van der Waals surface area contributed by atoms with Crippen LogP contribution >= 0.6 is 15.9 Å². The molecule has 76 valence electrons. The van der Waals surface area contributed by atoms with Gasteiger partial charge in [-0.2, -0.15) is 5.10 Å². The summed E-state index contributed by atoms with van der Waals surface area (Å²) in [6.45, 7) is 0. The topological polar surface area (TPSA) is 58.6 Å². The van der Waals surface area contributed by atoms with Gasteiger partial charge in [-0.3, -0.25) is 9.89 Å². The highest BCUT2D eigenvalue weighted by molar-refractivity contribution is 9.10. The highest BCUT2D eigenvalue weighted by Crippen LogP contribution is 2.24. The Labute approximate surface area is 92.7 Å². The van der Waals surface area contributed by atoms with Crippen molar-refractivity contribution in [2.24, 2.45) is 0 Å².